The van der Waals surface area contributed by atoms with Gasteiger partial charge in [0.15, 0.2) is 11.5 Å². The molecule has 0 saturated carbocycles. The van der Waals surface area contributed by atoms with Gasteiger partial charge in [-0.3, -0.25) is 4.79 Å². The van der Waals surface area contributed by atoms with Crippen molar-refractivity contribution in [3.63, 3.8) is 0 Å². The number of amides is 1. The Morgan fingerprint density at radius 3 is 2.53 bits per heavy atom. The van der Waals surface area contributed by atoms with Gasteiger partial charge in [-0.1, -0.05) is 18.2 Å². The van der Waals surface area contributed by atoms with Crippen LogP contribution in [-0.2, 0) is 4.79 Å². The summed E-state index contributed by atoms with van der Waals surface area (Å²) in [6.45, 7) is 3.30. The maximum absolute atomic E-state index is 11.8. The van der Waals surface area contributed by atoms with Crippen molar-refractivity contribution in [2.45, 2.75) is 19.3 Å². The molecule has 0 spiro atoms. The van der Waals surface area contributed by atoms with E-state index in [-0.39, 0.29) is 5.91 Å². The van der Waals surface area contributed by atoms with Gasteiger partial charge in [-0.2, -0.15) is 4.98 Å². The Bertz CT molecular complexity index is 1110. The highest BCUT2D eigenvalue weighted by atomic mass is 16.5. The minimum absolute atomic E-state index is 0.243. The number of rotatable bonds is 12. The minimum Gasteiger partial charge on any atom is -0.493 e. The van der Waals surface area contributed by atoms with Crippen molar-refractivity contribution in [1.29, 1.82) is 0 Å². The number of hydrogen-bond donors (Lipinski definition) is 2. The van der Waals surface area contributed by atoms with Crippen LogP contribution in [0, 0.1) is 0 Å². The Morgan fingerprint density at radius 2 is 1.79 bits per heavy atom. The van der Waals surface area contributed by atoms with Crippen molar-refractivity contribution in [1.82, 2.24) is 14.9 Å². The van der Waals surface area contributed by atoms with Gasteiger partial charge in [-0.15, -0.1) is 0 Å². The average molecular weight is 466 g/mol. The van der Waals surface area contributed by atoms with Gasteiger partial charge in [-0.25, -0.2) is 4.98 Å². The Balaban J connectivity index is 1.46. The van der Waals surface area contributed by atoms with E-state index in [1.807, 2.05) is 47.4 Å². The molecule has 3 aromatic rings. The molecular weight excluding hydrogens is 434 g/mol. The van der Waals surface area contributed by atoms with Gasteiger partial charge in [-0.05, 0) is 31.0 Å². The average Bonchev–Trinajstić information content (AvgIpc) is 3.28. The van der Waals surface area contributed by atoms with Gasteiger partial charge < -0.3 is 29.7 Å². The molecule has 1 aliphatic heterocycles. The summed E-state index contributed by atoms with van der Waals surface area (Å²) in [6, 6.07) is 13.4. The number of ether oxygens (including phenoxy) is 3. The highest BCUT2D eigenvalue weighted by molar-refractivity contribution is 5.92. The van der Waals surface area contributed by atoms with Gasteiger partial charge in [0.25, 0.3) is 0 Å². The zero-order valence-electron chi connectivity index (χ0n) is 19.7. The lowest BCUT2D eigenvalue weighted by atomic mass is 10.2. The second kappa shape index (κ2) is 11.4. The number of hydrogen-bond acceptors (Lipinski definition) is 8. The van der Waals surface area contributed by atoms with Crippen LogP contribution >= 0.6 is 0 Å². The van der Waals surface area contributed by atoms with Crippen molar-refractivity contribution >= 4 is 28.6 Å². The first-order valence-electron chi connectivity index (χ1n) is 11.5. The summed E-state index contributed by atoms with van der Waals surface area (Å²) in [5.74, 6) is 3.47. The summed E-state index contributed by atoms with van der Waals surface area (Å²) in [5, 5.41) is 7.48. The molecule has 34 heavy (non-hydrogen) atoms. The largest absolute Gasteiger partial charge is 0.493 e. The van der Waals surface area contributed by atoms with E-state index in [1.165, 1.54) is 0 Å². The minimum atomic E-state index is 0.243. The maximum Gasteiger partial charge on any atom is 0.225 e. The lowest BCUT2D eigenvalue weighted by molar-refractivity contribution is -0.127. The molecule has 9 heteroatoms. The zero-order chi connectivity index (χ0) is 23.8. The second-order valence-electron chi connectivity index (χ2n) is 7.97. The van der Waals surface area contributed by atoms with Crippen LogP contribution in [0.15, 0.2) is 42.5 Å². The topological polar surface area (TPSA) is 97.8 Å². The van der Waals surface area contributed by atoms with Crippen molar-refractivity contribution in [3.8, 4) is 17.2 Å². The van der Waals surface area contributed by atoms with E-state index in [4.69, 9.17) is 19.2 Å². The number of methoxy groups -OCH3 is 2. The SMILES string of the molecule is COc1cc2nc(NCCCN3CCCC3=O)nc(NCCOc3ccccc3)c2cc1OC. The molecule has 0 radical (unpaired) electrons. The van der Waals surface area contributed by atoms with Crippen LogP contribution in [0.2, 0.25) is 0 Å². The van der Waals surface area contributed by atoms with Gasteiger partial charge in [0.2, 0.25) is 11.9 Å². The van der Waals surface area contributed by atoms with E-state index in [2.05, 4.69) is 15.6 Å². The Morgan fingerprint density at radius 1 is 1.00 bits per heavy atom. The number of carbonyl (C=O) groups is 1. The third-order valence-corrected chi connectivity index (χ3v) is 5.67. The number of likely N-dealkylation sites (tertiary alicyclic amines) is 1. The maximum atomic E-state index is 11.8. The number of benzene rings is 2. The normalized spacial score (nSPS) is 13.2. The van der Waals surface area contributed by atoms with Crippen LogP contribution in [0.4, 0.5) is 11.8 Å². The first-order valence-corrected chi connectivity index (χ1v) is 11.5. The summed E-state index contributed by atoms with van der Waals surface area (Å²) in [6.07, 6.45) is 2.44. The molecule has 1 aromatic heterocycles. The molecule has 1 fully saturated rings. The first kappa shape index (κ1) is 23.4. The summed E-state index contributed by atoms with van der Waals surface area (Å²) in [4.78, 5) is 23.1. The van der Waals surface area contributed by atoms with Gasteiger partial charge in [0.05, 0.1) is 26.3 Å². The van der Waals surface area contributed by atoms with Crippen LogP contribution in [0.3, 0.4) is 0 Å². The Hall–Kier alpha value is -3.75. The van der Waals surface area contributed by atoms with Crippen LogP contribution in [0.5, 0.6) is 17.2 Å². The molecule has 1 aliphatic rings. The molecule has 9 nitrogen and oxygen atoms in total. The molecule has 0 unspecified atom stereocenters. The number of aromatic nitrogens is 2. The molecule has 2 N–H and O–H groups in total. The highest BCUT2D eigenvalue weighted by Gasteiger charge is 2.19. The number of fused-ring (bicyclic) bond motifs is 1. The number of anilines is 2. The highest BCUT2D eigenvalue weighted by Crippen LogP contribution is 2.34. The van der Waals surface area contributed by atoms with Crippen LogP contribution in [-0.4, -0.2) is 67.8 Å². The molecule has 180 valence electrons. The molecule has 0 atom stereocenters. The number of para-hydroxylation sites is 1. The number of carbonyl (C=O) groups excluding carboxylic acids is 1. The van der Waals surface area contributed by atoms with E-state index >= 15 is 0 Å². The lowest BCUT2D eigenvalue weighted by Gasteiger charge is -2.16. The Labute approximate surface area is 199 Å². The predicted octanol–water partition coefficient (Wildman–Crippen LogP) is 3.56. The van der Waals surface area contributed by atoms with Crippen molar-refractivity contribution in [3.05, 3.63) is 42.5 Å². The van der Waals surface area contributed by atoms with Crippen molar-refractivity contribution in [2.24, 2.45) is 0 Å². The lowest BCUT2D eigenvalue weighted by Crippen LogP contribution is -2.27. The molecule has 1 amide bonds. The monoisotopic (exact) mass is 465 g/mol. The molecule has 0 bridgehead atoms. The standard InChI is InChI=1S/C25H31N5O4/c1-32-21-16-19-20(17-22(21)33-2)28-25(27-11-7-14-30-13-6-10-23(30)31)29-24(19)26-12-15-34-18-8-4-3-5-9-18/h3-5,8-9,16-17H,6-7,10-15H2,1-2H3,(H2,26,27,28,29). The molecule has 2 aromatic carbocycles. The smallest absolute Gasteiger partial charge is 0.225 e. The second-order valence-corrected chi connectivity index (χ2v) is 7.97. The zero-order valence-corrected chi connectivity index (χ0v) is 19.7. The van der Waals surface area contributed by atoms with Crippen molar-refractivity contribution in [2.75, 3.05) is 57.6 Å². The van der Waals surface area contributed by atoms with E-state index in [1.54, 1.807) is 14.2 Å². The number of nitrogens with one attached hydrogen (secondary N) is 2. The van der Waals surface area contributed by atoms with E-state index in [0.29, 0.717) is 49.4 Å². The van der Waals surface area contributed by atoms with Crippen LogP contribution in [0.25, 0.3) is 10.9 Å². The molecule has 1 saturated heterocycles. The summed E-state index contributed by atoms with van der Waals surface area (Å²) < 4.78 is 16.7. The predicted molar refractivity (Wildman–Crippen MR) is 132 cm³/mol. The van der Waals surface area contributed by atoms with Crippen LogP contribution < -0.4 is 24.8 Å². The summed E-state index contributed by atoms with van der Waals surface area (Å²) >= 11 is 0. The van der Waals surface area contributed by atoms with Gasteiger partial charge >= 0.3 is 0 Å². The third-order valence-electron chi connectivity index (χ3n) is 5.67. The van der Waals surface area contributed by atoms with Gasteiger partial charge in [0.1, 0.15) is 18.2 Å². The fourth-order valence-electron chi connectivity index (χ4n) is 3.94. The fraction of sp³-hybridized carbons (Fsp3) is 0.400. The van der Waals surface area contributed by atoms with Gasteiger partial charge in [0, 0.05) is 37.5 Å². The van der Waals surface area contributed by atoms with E-state index < -0.39 is 0 Å². The number of nitrogens with zero attached hydrogens (tertiary/aromatic N) is 3. The first-order chi connectivity index (χ1) is 16.7. The van der Waals surface area contributed by atoms with E-state index in [0.717, 1.165) is 42.6 Å². The third kappa shape index (κ3) is 5.78. The van der Waals surface area contributed by atoms with Crippen LogP contribution in [0.1, 0.15) is 19.3 Å². The summed E-state index contributed by atoms with van der Waals surface area (Å²) in [5.41, 5.74) is 0.733. The Kier molecular flexibility index (Phi) is 7.85. The summed E-state index contributed by atoms with van der Waals surface area (Å²) in [7, 11) is 3.20. The molecule has 2 heterocycles. The molecule has 4 rings (SSSR count). The molecule has 0 aliphatic carbocycles. The fourth-order valence-corrected chi connectivity index (χ4v) is 3.94. The van der Waals surface area contributed by atoms with Crippen molar-refractivity contribution < 1.29 is 19.0 Å². The van der Waals surface area contributed by atoms with E-state index in [9.17, 15) is 4.79 Å². The molecular formula is C25H31N5O4. The quantitative estimate of drug-likeness (QED) is 0.392.